The highest BCUT2D eigenvalue weighted by Gasteiger charge is 2.24. The first-order valence-electron chi connectivity index (χ1n) is 6.21. The van der Waals surface area contributed by atoms with E-state index in [0.717, 1.165) is 24.9 Å². The zero-order valence-corrected chi connectivity index (χ0v) is 10.2. The Morgan fingerprint density at radius 2 is 2.35 bits per heavy atom. The molecule has 0 aromatic heterocycles. The Labute approximate surface area is 101 Å². The van der Waals surface area contributed by atoms with E-state index in [0.29, 0.717) is 18.9 Å². The van der Waals surface area contributed by atoms with Crippen molar-refractivity contribution in [1.82, 2.24) is 4.90 Å². The third-order valence-corrected chi connectivity index (χ3v) is 3.39. The van der Waals surface area contributed by atoms with Gasteiger partial charge in [-0.05, 0) is 43.9 Å². The predicted octanol–water partition coefficient (Wildman–Crippen LogP) is 2.77. The fourth-order valence-electron chi connectivity index (χ4n) is 2.39. The SMILES string of the molecule is CC1CCCN1C(=O)CCc1cccc(F)c1. The van der Waals surface area contributed by atoms with Crippen LogP contribution in [0, 0.1) is 5.82 Å². The molecule has 0 radical (unpaired) electrons. The molecule has 1 saturated heterocycles. The number of rotatable bonds is 3. The largest absolute Gasteiger partial charge is 0.340 e. The lowest BCUT2D eigenvalue weighted by atomic mass is 10.1. The molecule has 1 aliphatic rings. The van der Waals surface area contributed by atoms with E-state index in [-0.39, 0.29) is 11.7 Å². The van der Waals surface area contributed by atoms with Crippen molar-refractivity contribution in [2.75, 3.05) is 6.54 Å². The number of hydrogen-bond acceptors (Lipinski definition) is 1. The topological polar surface area (TPSA) is 20.3 Å². The molecule has 92 valence electrons. The molecule has 17 heavy (non-hydrogen) atoms. The molecule has 1 unspecified atom stereocenters. The average molecular weight is 235 g/mol. The first-order valence-corrected chi connectivity index (χ1v) is 6.21. The number of benzene rings is 1. The zero-order valence-electron chi connectivity index (χ0n) is 10.2. The Kier molecular flexibility index (Phi) is 3.77. The van der Waals surface area contributed by atoms with E-state index < -0.39 is 0 Å². The number of likely N-dealkylation sites (tertiary alicyclic amines) is 1. The van der Waals surface area contributed by atoms with E-state index in [1.807, 2.05) is 11.0 Å². The number of halogens is 1. The van der Waals surface area contributed by atoms with Crippen molar-refractivity contribution in [3.63, 3.8) is 0 Å². The number of carbonyl (C=O) groups is 1. The first-order chi connectivity index (χ1) is 8.16. The molecule has 1 aliphatic heterocycles. The van der Waals surface area contributed by atoms with Gasteiger partial charge in [0.2, 0.25) is 5.91 Å². The lowest BCUT2D eigenvalue weighted by molar-refractivity contribution is -0.131. The summed E-state index contributed by atoms with van der Waals surface area (Å²) in [6.07, 6.45) is 3.31. The second-order valence-electron chi connectivity index (χ2n) is 4.71. The third-order valence-electron chi connectivity index (χ3n) is 3.39. The van der Waals surface area contributed by atoms with Gasteiger partial charge in [-0.1, -0.05) is 12.1 Å². The number of hydrogen-bond donors (Lipinski definition) is 0. The van der Waals surface area contributed by atoms with Crippen molar-refractivity contribution in [2.24, 2.45) is 0 Å². The number of carbonyl (C=O) groups excluding carboxylic acids is 1. The van der Waals surface area contributed by atoms with Crippen molar-refractivity contribution in [2.45, 2.75) is 38.6 Å². The molecule has 1 atom stereocenters. The van der Waals surface area contributed by atoms with Gasteiger partial charge >= 0.3 is 0 Å². The minimum atomic E-state index is -0.232. The maximum absolute atomic E-state index is 13.0. The lowest BCUT2D eigenvalue weighted by Crippen LogP contribution is -2.33. The highest BCUT2D eigenvalue weighted by molar-refractivity contribution is 5.77. The summed E-state index contributed by atoms with van der Waals surface area (Å²) in [6.45, 7) is 2.97. The van der Waals surface area contributed by atoms with Crippen molar-refractivity contribution >= 4 is 5.91 Å². The van der Waals surface area contributed by atoms with E-state index in [2.05, 4.69) is 6.92 Å². The van der Waals surface area contributed by atoms with Crippen LogP contribution >= 0.6 is 0 Å². The monoisotopic (exact) mass is 235 g/mol. The molecule has 0 spiro atoms. The molecule has 3 heteroatoms. The Morgan fingerprint density at radius 1 is 1.53 bits per heavy atom. The van der Waals surface area contributed by atoms with Crippen LogP contribution in [0.15, 0.2) is 24.3 Å². The van der Waals surface area contributed by atoms with Gasteiger partial charge in [0, 0.05) is 19.0 Å². The minimum absolute atomic E-state index is 0.194. The van der Waals surface area contributed by atoms with Crippen molar-refractivity contribution < 1.29 is 9.18 Å². The Hall–Kier alpha value is -1.38. The van der Waals surface area contributed by atoms with Crippen LogP contribution in [-0.4, -0.2) is 23.4 Å². The van der Waals surface area contributed by atoms with Crippen molar-refractivity contribution in [3.8, 4) is 0 Å². The van der Waals surface area contributed by atoms with Crippen LogP contribution < -0.4 is 0 Å². The Balaban J connectivity index is 1.88. The van der Waals surface area contributed by atoms with Gasteiger partial charge in [-0.25, -0.2) is 4.39 Å². The molecule has 0 N–H and O–H groups in total. The molecule has 1 fully saturated rings. The van der Waals surface area contributed by atoms with Crippen LogP contribution in [0.1, 0.15) is 31.7 Å². The van der Waals surface area contributed by atoms with E-state index in [9.17, 15) is 9.18 Å². The molecule has 0 saturated carbocycles. The maximum Gasteiger partial charge on any atom is 0.223 e. The third kappa shape index (κ3) is 3.05. The van der Waals surface area contributed by atoms with Crippen LogP contribution in [0.5, 0.6) is 0 Å². The smallest absolute Gasteiger partial charge is 0.223 e. The van der Waals surface area contributed by atoms with Crippen LogP contribution in [0.4, 0.5) is 4.39 Å². The molecular weight excluding hydrogens is 217 g/mol. The van der Waals surface area contributed by atoms with E-state index in [1.54, 1.807) is 6.07 Å². The summed E-state index contributed by atoms with van der Waals surface area (Å²) >= 11 is 0. The zero-order chi connectivity index (χ0) is 12.3. The fraction of sp³-hybridized carbons (Fsp3) is 0.500. The summed E-state index contributed by atoms with van der Waals surface area (Å²) < 4.78 is 13.0. The normalized spacial score (nSPS) is 19.6. The first kappa shape index (κ1) is 12.1. The minimum Gasteiger partial charge on any atom is -0.340 e. The number of nitrogens with zero attached hydrogens (tertiary/aromatic N) is 1. The van der Waals surface area contributed by atoms with E-state index in [1.165, 1.54) is 12.1 Å². The Morgan fingerprint density at radius 3 is 3.00 bits per heavy atom. The molecule has 1 aromatic carbocycles. The van der Waals surface area contributed by atoms with Crippen LogP contribution in [0.25, 0.3) is 0 Å². The highest BCUT2D eigenvalue weighted by atomic mass is 19.1. The quantitative estimate of drug-likeness (QED) is 0.789. The molecular formula is C14H18FNO. The fourth-order valence-corrected chi connectivity index (χ4v) is 2.39. The molecule has 2 nitrogen and oxygen atoms in total. The summed E-state index contributed by atoms with van der Waals surface area (Å²) in [5, 5.41) is 0. The summed E-state index contributed by atoms with van der Waals surface area (Å²) in [5.74, 6) is -0.0382. The molecule has 2 rings (SSSR count). The predicted molar refractivity (Wildman–Crippen MR) is 65.1 cm³/mol. The van der Waals surface area contributed by atoms with Crippen LogP contribution in [-0.2, 0) is 11.2 Å². The molecule has 0 aliphatic carbocycles. The van der Waals surface area contributed by atoms with Gasteiger partial charge in [0.25, 0.3) is 0 Å². The maximum atomic E-state index is 13.0. The Bertz CT molecular complexity index is 405. The van der Waals surface area contributed by atoms with E-state index >= 15 is 0 Å². The van der Waals surface area contributed by atoms with Gasteiger partial charge in [0.1, 0.15) is 5.82 Å². The molecule has 1 heterocycles. The van der Waals surface area contributed by atoms with Gasteiger partial charge in [0.15, 0.2) is 0 Å². The average Bonchev–Trinajstić information content (AvgIpc) is 2.72. The van der Waals surface area contributed by atoms with Crippen molar-refractivity contribution in [1.29, 1.82) is 0 Å². The standard InChI is InChI=1S/C14H18FNO/c1-11-4-3-9-16(11)14(17)8-7-12-5-2-6-13(15)10-12/h2,5-6,10-11H,3-4,7-9H2,1H3. The molecule has 1 amide bonds. The van der Waals surface area contributed by atoms with Gasteiger partial charge in [-0.3, -0.25) is 4.79 Å². The number of aryl methyl sites for hydroxylation is 1. The second-order valence-corrected chi connectivity index (χ2v) is 4.71. The number of amides is 1. The van der Waals surface area contributed by atoms with Crippen molar-refractivity contribution in [3.05, 3.63) is 35.6 Å². The summed E-state index contributed by atoms with van der Waals surface area (Å²) in [7, 11) is 0. The van der Waals surface area contributed by atoms with Gasteiger partial charge in [-0.2, -0.15) is 0 Å². The molecule has 1 aromatic rings. The van der Waals surface area contributed by atoms with Gasteiger partial charge < -0.3 is 4.90 Å². The van der Waals surface area contributed by atoms with Crippen LogP contribution in [0.3, 0.4) is 0 Å². The highest BCUT2D eigenvalue weighted by Crippen LogP contribution is 2.18. The van der Waals surface area contributed by atoms with Gasteiger partial charge in [-0.15, -0.1) is 0 Å². The summed E-state index contributed by atoms with van der Waals surface area (Å²) in [4.78, 5) is 13.9. The van der Waals surface area contributed by atoms with Crippen LogP contribution in [0.2, 0.25) is 0 Å². The molecule has 0 bridgehead atoms. The summed E-state index contributed by atoms with van der Waals surface area (Å²) in [5.41, 5.74) is 0.894. The van der Waals surface area contributed by atoms with E-state index in [4.69, 9.17) is 0 Å². The summed E-state index contributed by atoms with van der Waals surface area (Å²) in [6, 6.07) is 6.85. The lowest BCUT2D eigenvalue weighted by Gasteiger charge is -2.21. The van der Waals surface area contributed by atoms with Gasteiger partial charge in [0.05, 0.1) is 0 Å². The second kappa shape index (κ2) is 5.30.